The van der Waals surface area contributed by atoms with Crippen molar-refractivity contribution in [2.75, 3.05) is 0 Å². The van der Waals surface area contributed by atoms with Crippen molar-refractivity contribution in [1.82, 2.24) is 8.96 Å². The van der Waals surface area contributed by atoms with Gasteiger partial charge in [0, 0.05) is 28.1 Å². The van der Waals surface area contributed by atoms with Crippen LogP contribution in [0.15, 0.2) is 57.1 Å². The number of aromatic amines is 1. The van der Waals surface area contributed by atoms with Crippen LogP contribution >= 0.6 is 21.8 Å². The number of hydrogen-bond acceptors (Lipinski definition) is 4. The molecular formula is C10H8N2O2S2. The number of aromatic nitrogens is 2. The summed E-state index contributed by atoms with van der Waals surface area (Å²) >= 11 is 0. The van der Waals surface area contributed by atoms with Crippen molar-refractivity contribution in [2.24, 2.45) is 0 Å². The maximum atomic E-state index is 11.4. The number of benzene rings is 1. The molecule has 82 valence electrons. The fraction of sp³-hybridized carbons (Fsp3) is 0. The van der Waals surface area contributed by atoms with Crippen LogP contribution in [-0.4, -0.2) is 8.96 Å². The minimum Gasteiger partial charge on any atom is -0.313 e. The summed E-state index contributed by atoms with van der Waals surface area (Å²) in [5, 5.41) is 0. The summed E-state index contributed by atoms with van der Waals surface area (Å²) in [6.07, 6.45) is 1.34. The quantitative estimate of drug-likeness (QED) is 0.845. The van der Waals surface area contributed by atoms with Gasteiger partial charge in [-0.15, -0.1) is 0 Å². The van der Waals surface area contributed by atoms with Crippen LogP contribution in [0.2, 0.25) is 0 Å². The molecule has 0 aliphatic heterocycles. The third-order valence-electron chi connectivity index (χ3n) is 1.77. The second-order valence-corrected chi connectivity index (χ2v) is 4.99. The van der Waals surface area contributed by atoms with Crippen molar-refractivity contribution >= 4 is 21.8 Å². The molecule has 0 amide bonds. The molecule has 16 heavy (non-hydrogen) atoms. The van der Waals surface area contributed by atoms with Crippen LogP contribution in [0.3, 0.4) is 0 Å². The minimum atomic E-state index is -0.416. The summed E-state index contributed by atoms with van der Waals surface area (Å²) in [6, 6.07) is 10.9. The summed E-state index contributed by atoms with van der Waals surface area (Å²) < 4.78 is 1.08. The van der Waals surface area contributed by atoms with E-state index in [0.29, 0.717) is 0 Å². The largest absolute Gasteiger partial charge is 0.339 e. The second-order valence-electron chi connectivity index (χ2n) is 2.89. The SMILES string of the molecule is O=c1cc[nH]c(=O)n1SSc1ccccc1. The molecule has 0 spiro atoms. The van der Waals surface area contributed by atoms with Crippen LogP contribution in [0.1, 0.15) is 0 Å². The number of nitrogens with zero attached hydrogens (tertiary/aromatic N) is 1. The van der Waals surface area contributed by atoms with Gasteiger partial charge in [0.2, 0.25) is 0 Å². The fourth-order valence-electron chi connectivity index (χ4n) is 1.04. The van der Waals surface area contributed by atoms with Gasteiger partial charge in [-0.3, -0.25) is 4.79 Å². The van der Waals surface area contributed by atoms with E-state index in [-0.39, 0.29) is 5.56 Å². The Morgan fingerprint density at radius 3 is 2.50 bits per heavy atom. The van der Waals surface area contributed by atoms with Crippen LogP contribution in [0.4, 0.5) is 0 Å². The van der Waals surface area contributed by atoms with Gasteiger partial charge in [-0.2, -0.15) is 3.97 Å². The van der Waals surface area contributed by atoms with Crippen molar-refractivity contribution in [1.29, 1.82) is 0 Å². The zero-order valence-electron chi connectivity index (χ0n) is 8.12. The first-order valence-corrected chi connectivity index (χ1v) is 6.59. The molecular weight excluding hydrogens is 244 g/mol. The van der Waals surface area contributed by atoms with Gasteiger partial charge in [0.05, 0.1) is 0 Å². The normalized spacial score (nSPS) is 10.2. The van der Waals surface area contributed by atoms with Crippen molar-refractivity contribution in [2.45, 2.75) is 4.90 Å². The fourth-order valence-corrected chi connectivity index (χ4v) is 2.96. The lowest BCUT2D eigenvalue weighted by molar-refractivity contribution is 0.984. The Labute approximate surface area is 99.2 Å². The van der Waals surface area contributed by atoms with Gasteiger partial charge in [0.15, 0.2) is 0 Å². The highest BCUT2D eigenvalue weighted by Gasteiger charge is 2.02. The Hall–Kier alpha value is -1.40. The van der Waals surface area contributed by atoms with Gasteiger partial charge in [-0.25, -0.2) is 4.79 Å². The second kappa shape index (κ2) is 5.09. The van der Waals surface area contributed by atoms with E-state index >= 15 is 0 Å². The zero-order chi connectivity index (χ0) is 11.4. The van der Waals surface area contributed by atoms with Gasteiger partial charge in [0.1, 0.15) is 0 Å². The lowest BCUT2D eigenvalue weighted by atomic mass is 10.4. The standard InChI is InChI=1S/C10H8N2O2S2/c13-9-6-7-11-10(14)12(9)16-15-8-4-2-1-3-5-8/h1-7H,(H,11,14). The first-order chi connectivity index (χ1) is 7.77. The molecule has 0 bridgehead atoms. The van der Waals surface area contributed by atoms with E-state index in [0.717, 1.165) is 19.8 Å². The molecule has 1 aromatic heterocycles. The van der Waals surface area contributed by atoms with Gasteiger partial charge >= 0.3 is 5.69 Å². The first kappa shape index (κ1) is 11.1. The highest BCUT2D eigenvalue weighted by atomic mass is 33.1. The molecule has 4 nitrogen and oxygen atoms in total. The van der Waals surface area contributed by atoms with Crippen LogP contribution < -0.4 is 11.2 Å². The summed E-state index contributed by atoms with van der Waals surface area (Å²) in [4.78, 5) is 26.1. The molecule has 0 saturated heterocycles. The Morgan fingerprint density at radius 1 is 1.06 bits per heavy atom. The topological polar surface area (TPSA) is 54.9 Å². The van der Waals surface area contributed by atoms with Crippen molar-refractivity contribution in [3.8, 4) is 0 Å². The van der Waals surface area contributed by atoms with E-state index < -0.39 is 5.69 Å². The van der Waals surface area contributed by atoms with E-state index in [1.807, 2.05) is 30.3 Å². The first-order valence-electron chi connectivity index (χ1n) is 4.48. The van der Waals surface area contributed by atoms with E-state index in [4.69, 9.17) is 0 Å². The molecule has 1 heterocycles. The van der Waals surface area contributed by atoms with Gasteiger partial charge in [-0.05, 0) is 22.9 Å². The Kier molecular flexibility index (Phi) is 3.53. The van der Waals surface area contributed by atoms with Crippen LogP contribution in [0, 0.1) is 0 Å². The van der Waals surface area contributed by atoms with Gasteiger partial charge < -0.3 is 4.98 Å². The average Bonchev–Trinajstić information content (AvgIpc) is 2.30. The maximum Gasteiger partial charge on any atom is 0.339 e. The number of nitrogens with one attached hydrogen (secondary N) is 1. The Balaban J connectivity index is 2.17. The number of hydrogen-bond donors (Lipinski definition) is 1. The Bertz CT molecular complexity index is 549. The highest BCUT2D eigenvalue weighted by Crippen LogP contribution is 2.29. The average molecular weight is 252 g/mol. The van der Waals surface area contributed by atoms with Crippen LogP contribution in [0.5, 0.6) is 0 Å². The molecule has 2 aromatic rings. The molecule has 0 aliphatic rings. The summed E-state index contributed by atoms with van der Waals surface area (Å²) in [5.41, 5.74) is -0.738. The molecule has 0 radical (unpaired) electrons. The summed E-state index contributed by atoms with van der Waals surface area (Å²) in [6.45, 7) is 0. The number of H-pyrrole nitrogens is 1. The molecule has 1 aromatic carbocycles. The maximum absolute atomic E-state index is 11.4. The van der Waals surface area contributed by atoms with E-state index in [2.05, 4.69) is 4.98 Å². The van der Waals surface area contributed by atoms with E-state index in [1.54, 1.807) is 0 Å². The van der Waals surface area contributed by atoms with E-state index in [1.165, 1.54) is 23.1 Å². The summed E-state index contributed by atoms with van der Waals surface area (Å²) in [7, 11) is 2.47. The molecule has 0 fully saturated rings. The molecule has 6 heteroatoms. The van der Waals surface area contributed by atoms with Crippen molar-refractivity contribution in [3.63, 3.8) is 0 Å². The molecule has 0 unspecified atom stereocenters. The predicted molar refractivity (Wildman–Crippen MR) is 66.6 cm³/mol. The third kappa shape index (κ3) is 2.59. The molecule has 0 atom stereocenters. The summed E-state index contributed by atoms with van der Waals surface area (Å²) in [5.74, 6) is 0. The third-order valence-corrected chi connectivity index (χ3v) is 4.05. The van der Waals surface area contributed by atoms with Crippen molar-refractivity contribution < 1.29 is 0 Å². The Morgan fingerprint density at radius 2 is 1.81 bits per heavy atom. The van der Waals surface area contributed by atoms with Gasteiger partial charge in [0.25, 0.3) is 5.56 Å². The lowest BCUT2D eigenvalue weighted by Gasteiger charge is -2.01. The van der Waals surface area contributed by atoms with Gasteiger partial charge in [-0.1, -0.05) is 18.2 Å². The minimum absolute atomic E-state index is 0.322. The smallest absolute Gasteiger partial charge is 0.313 e. The predicted octanol–water partition coefficient (Wildman–Crippen LogP) is 1.74. The zero-order valence-corrected chi connectivity index (χ0v) is 9.75. The molecule has 0 aliphatic carbocycles. The highest BCUT2D eigenvalue weighted by molar-refractivity contribution is 8.76. The molecule has 0 saturated carbocycles. The molecule has 2 rings (SSSR count). The van der Waals surface area contributed by atoms with E-state index in [9.17, 15) is 9.59 Å². The van der Waals surface area contributed by atoms with Crippen LogP contribution in [-0.2, 0) is 0 Å². The lowest BCUT2D eigenvalue weighted by Crippen LogP contribution is -2.28. The monoisotopic (exact) mass is 252 g/mol. The van der Waals surface area contributed by atoms with Crippen LogP contribution in [0.25, 0.3) is 0 Å². The molecule has 1 N–H and O–H groups in total. The van der Waals surface area contributed by atoms with Crippen molar-refractivity contribution in [3.05, 3.63) is 63.4 Å². The number of rotatable bonds is 3.